The molecule has 0 bridgehead atoms. The molecule has 198 valence electrons. The number of carbonyl (C=O) groups excluding carboxylic acids is 2. The molecule has 1 spiro atoms. The van der Waals surface area contributed by atoms with Gasteiger partial charge in [-0.15, -0.1) is 11.8 Å². The Bertz CT molecular complexity index is 1280. The smallest absolute Gasteiger partial charge is 0.253 e. The third-order valence-corrected chi connectivity index (χ3v) is 8.48. The van der Waals surface area contributed by atoms with Crippen molar-refractivity contribution < 1.29 is 23.1 Å². The topological polar surface area (TPSA) is 49.9 Å². The van der Waals surface area contributed by atoms with Gasteiger partial charge in [-0.05, 0) is 79.6 Å². The van der Waals surface area contributed by atoms with E-state index in [4.69, 9.17) is 4.74 Å². The molecule has 0 aromatic heterocycles. The summed E-state index contributed by atoms with van der Waals surface area (Å²) < 4.78 is 32.9. The van der Waals surface area contributed by atoms with Crippen LogP contribution >= 0.6 is 11.8 Å². The van der Waals surface area contributed by atoms with E-state index in [-0.39, 0.29) is 27.9 Å². The molecular formula is C30H30F2N2O3S. The van der Waals surface area contributed by atoms with Gasteiger partial charge in [-0.3, -0.25) is 9.59 Å². The molecule has 8 heteroatoms. The molecule has 0 N–H and O–H groups in total. The Labute approximate surface area is 225 Å². The SMILES string of the molecule is O=C(CSc1ccc(F)cc1F)N1CCCC2(CCN(C(=O)c3ccc(Oc4ccccc4)cc3)CC2)C1. The molecule has 2 amide bonds. The summed E-state index contributed by atoms with van der Waals surface area (Å²) in [6.07, 6.45) is 3.64. The number of likely N-dealkylation sites (tertiary alicyclic amines) is 2. The fourth-order valence-electron chi connectivity index (χ4n) is 5.31. The summed E-state index contributed by atoms with van der Waals surface area (Å²) in [6.45, 7) is 2.65. The van der Waals surface area contributed by atoms with Crippen LogP contribution in [0.25, 0.3) is 0 Å². The summed E-state index contributed by atoms with van der Waals surface area (Å²) in [6, 6.07) is 20.1. The number of amides is 2. The van der Waals surface area contributed by atoms with Gasteiger partial charge in [-0.1, -0.05) is 18.2 Å². The van der Waals surface area contributed by atoms with Crippen LogP contribution in [0.3, 0.4) is 0 Å². The van der Waals surface area contributed by atoms with Gasteiger partial charge in [0.2, 0.25) is 5.91 Å². The predicted octanol–water partition coefficient (Wildman–Crippen LogP) is 6.39. The molecular weight excluding hydrogens is 506 g/mol. The molecule has 2 heterocycles. The lowest BCUT2D eigenvalue weighted by Crippen LogP contribution is -2.52. The van der Waals surface area contributed by atoms with Gasteiger partial charge in [0.25, 0.3) is 5.91 Å². The molecule has 0 saturated carbocycles. The van der Waals surface area contributed by atoms with Gasteiger partial charge in [-0.25, -0.2) is 8.78 Å². The first-order chi connectivity index (χ1) is 18.4. The van der Waals surface area contributed by atoms with Crippen molar-refractivity contribution in [2.45, 2.75) is 30.6 Å². The largest absolute Gasteiger partial charge is 0.457 e. The highest BCUT2D eigenvalue weighted by Gasteiger charge is 2.40. The number of benzene rings is 3. The minimum atomic E-state index is -0.645. The van der Waals surface area contributed by atoms with Crippen LogP contribution in [0.2, 0.25) is 0 Å². The van der Waals surface area contributed by atoms with Crippen molar-refractivity contribution in [1.29, 1.82) is 0 Å². The van der Waals surface area contributed by atoms with Crippen LogP contribution in [0.15, 0.2) is 77.7 Å². The van der Waals surface area contributed by atoms with E-state index in [0.717, 1.165) is 49.3 Å². The number of thioether (sulfide) groups is 1. The van der Waals surface area contributed by atoms with E-state index in [9.17, 15) is 18.4 Å². The third kappa shape index (κ3) is 6.18. The third-order valence-electron chi connectivity index (χ3n) is 7.45. The molecule has 2 fully saturated rings. The summed E-state index contributed by atoms with van der Waals surface area (Å²) in [7, 11) is 0. The number of hydrogen-bond acceptors (Lipinski definition) is 4. The van der Waals surface area contributed by atoms with Crippen LogP contribution in [-0.4, -0.2) is 53.5 Å². The number of rotatable bonds is 6. The number of carbonyl (C=O) groups is 2. The maximum absolute atomic E-state index is 13.9. The van der Waals surface area contributed by atoms with Crippen molar-refractivity contribution in [2.24, 2.45) is 5.41 Å². The van der Waals surface area contributed by atoms with E-state index in [1.807, 2.05) is 52.3 Å². The van der Waals surface area contributed by atoms with Crippen LogP contribution in [0, 0.1) is 17.0 Å². The fourth-order valence-corrected chi connectivity index (χ4v) is 6.13. The summed E-state index contributed by atoms with van der Waals surface area (Å²) in [5.41, 5.74) is 0.635. The quantitative estimate of drug-likeness (QED) is 0.343. The van der Waals surface area contributed by atoms with E-state index in [2.05, 4.69) is 0 Å². The highest BCUT2D eigenvalue weighted by atomic mass is 32.2. The molecule has 38 heavy (non-hydrogen) atoms. The van der Waals surface area contributed by atoms with Gasteiger partial charge in [0.15, 0.2) is 0 Å². The van der Waals surface area contributed by atoms with Crippen molar-refractivity contribution >= 4 is 23.6 Å². The van der Waals surface area contributed by atoms with Crippen LogP contribution in [-0.2, 0) is 4.79 Å². The molecule has 0 radical (unpaired) electrons. The number of halogens is 2. The van der Waals surface area contributed by atoms with E-state index in [1.165, 1.54) is 12.1 Å². The number of hydrogen-bond donors (Lipinski definition) is 0. The molecule has 2 aliphatic heterocycles. The van der Waals surface area contributed by atoms with E-state index >= 15 is 0 Å². The molecule has 5 rings (SSSR count). The minimum absolute atomic E-state index is 0.00383. The molecule has 0 aliphatic carbocycles. The molecule has 0 atom stereocenters. The first-order valence-corrected chi connectivity index (χ1v) is 13.9. The van der Waals surface area contributed by atoms with Crippen molar-refractivity contribution in [3.05, 3.63) is 90.0 Å². The highest BCUT2D eigenvalue weighted by molar-refractivity contribution is 8.00. The Morgan fingerprint density at radius 1 is 0.842 bits per heavy atom. The second-order valence-corrected chi connectivity index (χ2v) is 11.0. The Kier molecular flexibility index (Phi) is 7.98. The lowest BCUT2D eigenvalue weighted by molar-refractivity contribution is -0.132. The van der Waals surface area contributed by atoms with Crippen molar-refractivity contribution in [1.82, 2.24) is 9.80 Å². The molecule has 0 unspecified atom stereocenters. The van der Waals surface area contributed by atoms with Gasteiger partial charge in [0.1, 0.15) is 23.1 Å². The zero-order valence-electron chi connectivity index (χ0n) is 21.1. The standard InChI is InChI=1S/C30H30F2N2O3S/c31-23-9-12-27(26(32)19-23)38-20-28(35)34-16-4-13-30(21-34)14-17-33(18-15-30)29(36)22-7-10-25(11-8-22)37-24-5-2-1-3-6-24/h1-3,5-12,19H,4,13-18,20-21H2. The van der Waals surface area contributed by atoms with E-state index in [0.29, 0.717) is 37.5 Å². The molecule has 2 saturated heterocycles. The molecule has 5 nitrogen and oxygen atoms in total. The summed E-state index contributed by atoms with van der Waals surface area (Å²) in [5, 5.41) is 0. The van der Waals surface area contributed by atoms with Crippen molar-refractivity contribution in [2.75, 3.05) is 31.9 Å². The normalized spacial score (nSPS) is 16.9. The van der Waals surface area contributed by atoms with Crippen LogP contribution < -0.4 is 4.74 Å². The first kappa shape index (κ1) is 26.2. The Hall–Kier alpha value is -3.39. The minimum Gasteiger partial charge on any atom is -0.457 e. The Balaban J connectivity index is 1.13. The van der Waals surface area contributed by atoms with Gasteiger partial charge < -0.3 is 14.5 Å². The van der Waals surface area contributed by atoms with Crippen molar-refractivity contribution in [3.8, 4) is 11.5 Å². The summed E-state index contributed by atoms with van der Waals surface area (Å²) in [5.74, 6) is 0.240. The predicted molar refractivity (Wildman–Crippen MR) is 143 cm³/mol. The maximum atomic E-state index is 13.9. The average molecular weight is 537 g/mol. The highest BCUT2D eigenvalue weighted by Crippen LogP contribution is 2.40. The average Bonchev–Trinajstić information content (AvgIpc) is 2.93. The molecule has 2 aliphatic rings. The van der Waals surface area contributed by atoms with E-state index in [1.54, 1.807) is 12.1 Å². The zero-order valence-corrected chi connectivity index (χ0v) is 21.9. The van der Waals surface area contributed by atoms with Gasteiger partial charge in [-0.2, -0.15) is 0 Å². The van der Waals surface area contributed by atoms with Crippen LogP contribution in [0.1, 0.15) is 36.0 Å². The van der Waals surface area contributed by atoms with Gasteiger partial charge in [0, 0.05) is 42.7 Å². The van der Waals surface area contributed by atoms with Crippen molar-refractivity contribution in [3.63, 3.8) is 0 Å². The number of piperidine rings is 2. The van der Waals surface area contributed by atoms with Crippen LogP contribution in [0.5, 0.6) is 11.5 Å². The van der Waals surface area contributed by atoms with Gasteiger partial charge >= 0.3 is 0 Å². The zero-order chi connectivity index (χ0) is 26.5. The number of nitrogens with zero attached hydrogens (tertiary/aromatic N) is 2. The Morgan fingerprint density at radius 2 is 1.55 bits per heavy atom. The second kappa shape index (κ2) is 11.6. The number of para-hydroxylation sites is 1. The van der Waals surface area contributed by atoms with Crippen LogP contribution in [0.4, 0.5) is 8.78 Å². The van der Waals surface area contributed by atoms with Gasteiger partial charge in [0.05, 0.1) is 5.75 Å². The number of ether oxygens (including phenoxy) is 1. The fraction of sp³-hybridized carbons (Fsp3) is 0.333. The lowest BCUT2D eigenvalue weighted by Gasteiger charge is -2.47. The summed E-state index contributed by atoms with van der Waals surface area (Å²) in [4.78, 5) is 30.1. The summed E-state index contributed by atoms with van der Waals surface area (Å²) >= 11 is 1.10. The monoisotopic (exact) mass is 536 g/mol. The molecule has 3 aromatic carbocycles. The molecule has 3 aromatic rings. The second-order valence-electron chi connectivity index (χ2n) is 10.0. The lowest BCUT2D eigenvalue weighted by atomic mass is 9.72. The maximum Gasteiger partial charge on any atom is 0.253 e. The van der Waals surface area contributed by atoms with E-state index < -0.39 is 11.6 Å². The first-order valence-electron chi connectivity index (χ1n) is 12.9. The Morgan fingerprint density at radius 3 is 2.26 bits per heavy atom.